The lowest BCUT2D eigenvalue weighted by molar-refractivity contribution is 0.952. The number of hydrogen-bond donors (Lipinski definition) is 0. The van der Waals surface area contributed by atoms with Crippen LogP contribution in [0, 0.1) is 0 Å². The molecule has 0 aliphatic carbocycles. The molecule has 7 heteroatoms. The fourth-order valence-electron chi connectivity index (χ4n) is 0.574. The maximum absolute atomic E-state index is 5.64. The zero-order chi connectivity index (χ0) is 10.1. The first kappa shape index (κ1) is 11.9. The fourth-order valence-corrected chi connectivity index (χ4v) is 2.98. The van der Waals surface area contributed by atoms with Gasteiger partial charge in [-0.3, -0.25) is 0 Å². The second-order valence-corrected chi connectivity index (χ2v) is 7.62. The normalized spacial score (nSPS) is 12.5. The van der Waals surface area contributed by atoms with E-state index < -0.39 is 3.79 Å². The van der Waals surface area contributed by atoms with Gasteiger partial charge in [-0.2, -0.15) is 0 Å². The lowest BCUT2D eigenvalue weighted by Crippen LogP contribution is -1.98. The van der Waals surface area contributed by atoms with Crippen molar-refractivity contribution in [2.24, 2.45) is 0 Å². The maximum Gasteiger partial charge on any atom is 0.243 e. The van der Waals surface area contributed by atoms with E-state index in [4.69, 9.17) is 34.8 Å². The third-order valence-corrected chi connectivity index (χ3v) is 3.99. The number of thioether (sulfide) groups is 1. The molecule has 1 aromatic heterocycles. The number of hydrogen-bond acceptors (Lipinski definition) is 4. The van der Waals surface area contributed by atoms with Gasteiger partial charge < -0.3 is 0 Å². The molecule has 0 unspecified atom stereocenters. The molecule has 0 bridgehead atoms. The first-order valence-corrected chi connectivity index (χ1v) is 6.30. The topological polar surface area (TPSA) is 25.8 Å². The van der Waals surface area contributed by atoms with Crippen molar-refractivity contribution in [2.75, 3.05) is 0 Å². The molecule has 0 N–H and O–H groups in total. The van der Waals surface area contributed by atoms with Gasteiger partial charge in [-0.05, 0) is 0 Å². The Balaban J connectivity index is 2.75. The average molecular weight is 278 g/mol. The molecule has 0 spiro atoms. The highest BCUT2D eigenvalue weighted by molar-refractivity contribution is 8.01. The molecule has 2 nitrogen and oxygen atoms in total. The van der Waals surface area contributed by atoms with E-state index in [2.05, 4.69) is 24.0 Å². The van der Waals surface area contributed by atoms with Crippen LogP contribution in [0.4, 0.5) is 0 Å². The van der Waals surface area contributed by atoms with Crippen molar-refractivity contribution < 1.29 is 0 Å². The second kappa shape index (κ2) is 4.53. The van der Waals surface area contributed by atoms with Gasteiger partial charge >= 0.3 is 0 Å². The highest BCUT2D eigenvalue weighted by Gasteiger charge is 2.28. The van der Waals surface area contributed by atoms with Crippen molar-refractivity contribution in [1.29, 1.82) is 0 Å². The van der Waals surface area contributed by atoms with Crippen LogP contribution in [0.15, 0.2) is 4.34 Å². The summed E-state index contributed by atoms with van der Waals surface area (Å²) < 4.78 is -0.621. The predicted octanol–water partition coefficient (Wildman–Crippen LogP) is 3.87. The third kappa shape index (κ3) is 3.80. The van der Waals surface area contributed by atoms with E-state index in [1.54, 1.807) is 11.8 Å². The van der Waals surface area contributed by atoms with E-state index in [9.17, 15) is 0 Å². The van der Waals surface area contributed by atoms with Crippen molar-refractivity contribution >= 4 is 57.9 Å². The lowest BCUT2D eigenvalue weighted by atomic mass is 10.6. The minimum absolute atomic E-state index is 0.417. The Bertz CT molecular complexity index is 282. The van der Waals surface area contributed by atoms with E-state index >= 15 is 0 Å². The summed E-state index contributed by atoms with van der Waals surface area (Å²) in [5.41, 5.74) is 0. The van der Waals surface area contributed by atoms with Gasteiger partial charge in [0.1, 0.15) is 0 Å². The van der Waals surface area contributed by atoms with E-state index in [-0.39, 0.29) is 0 Å². The van der Waals surface area contributed by atoms with Gasteiger partial charge in [-0.15, -0.1) is 10.2 Å². The van der Waals surface area contributed by atoms with Crippen LogP contribution in [0.1, 0.15) is 18.9 Å². The highest BCUT2D eigenvalue weighted by atomic mass is 35.6. The standard InChI is InChI=1S/C6H7Cl3N2S2/c1-3(2)12-5-11-10-4(13-5)6(7,8)9/h3H,1-2H3. The van der Waals surface area contributed by atoms with Crippen LogP contribution in [-0.2, 0) is 3.79 Å². The molecule has 0 aromatic carbocycles. The van der Waals surface area contributed by atoms with Crippen molar-refractivity contribution in [3.63, 3.8) is 0 Å². The van der Waals surface area contributed by atoms with E-state index in [0.717, 1.165) is 4.34 Å². The molecule has 0 fully saturated rings. The molecule has 1 aromatic rings. The molecule has 1 rings (SSSR count). The van der Waals surface area contributed by atoms with Gasteiger partial charge in [0.05, 0.1) is 0 Å². The second-order valence-electron chi connectivity index (χ2n) is 2.54. The highest BCUT2D eigenvalue weighted by Crippen LogP contribution is 2.41. The SMILES string of the molecule is CC(C)Sc1nnc(C(Cl)(Cl)Cl)s1. The quantitative estimate of drug-likeness (QED) is 0.606. The third-order valence-electron chi connectivity index (χ3n) is 0.985. The van der Waals surface area contributed by atoms with Crippen LogP contribution in [0.25, 0.3) is 0 Å². The Kier molecular flexibility index (Phi) is 4.13. The molecule has 0 amide bonds. The van der Waals surface area contributed by atoms with Gasteiger partial charge in [-0.25, -0.2) is 0 Å². The summed E-state index contributed by atoms with van der Waals surface area (Å²) >= 11 is 19.8. The summed E-state index contributed by atoms with van der Waals surface area (Å²) in [6.45, 7) is 4.14. The minimum Gasteiger partial charge on any atom is -0.138 e. The fraction of sp³-hybridized carbons (Fsp3) is 0.667. The first-order valence-electron chi connectivity index (χ1n) is 3.47. The van der Waals surface area contributed by atoms with Gasteiger partial charge in [-0.1, -0.05) is 71.7 Å². The van der Waals surface area contributed by atoms with Crippen LogP contribution in [0.2, 0.25) is 0 Å². The Morgan fingerprint density at radius 1 is 1.31 bits per heavy atom. The van der Waals surface area contributed by atoms with E-state index in [1.807, 2.05) is 0 Å². The molecule has 0 aliphatic heterocycles. The van der Waals surface area contributed by atoms with Gasteiger partial charge in [0.25, 0.3) is 0 Å². The minimum atomic E-state index is -1.45. The summed E-state index contributed by atoms with van der Waals surface area (Å²) in [6, 6.07) is 0. The summed E-state index contributed by atoms with van der Waals surface area (Å²) in [5.74, 6) is 0. The Labute approximate surface area is 100.0 Å². The molecule has 0 atom stereocenters. The zero-order valence-electron chi connectivity index (χ0n) is 6.92. The summed E-state index contributed by atoms with van der Waals surface area (Å²) in [5, 5.41) is 8.57. The number of nitrogens with zero attached hydrogens (tertiary/aromatic N) is 2. The molecule has 0 radical (unpaired) electrons. The van der Waals surface area contributed by atoms with Crippen LogP contribution < -0.4 is 0 Å². The van der Waals surface area contributed by atoms with Gasteiger partial charge in [0.2, 0.25) is 3.79 Å². The van der Waals surface area contributed by atoms with Crippen molar-refractivity contribution in [3.05, 3.63) is 5.01 Å². The van der Waals surface area contributed by atoms with E-state index in [1.165, 1.54) is 11.3 Å². The van der Waals surface area contributed by atoms with Gasteiger partial charge in [0, 0.05) is 5.25 Å². The Morgan fingerprint density at radius 3 is 2.31 bits per heavy atom. The predicted molar refractivity (Wildman–Crippen MR) is 60.1 cm³/mol. The smallest absolute Gasteiger partial charge is 0.138 e. The lowest BCUT2D eigenvalue weighted by Gasteiger charge is -2.03. The summed E-state index contributed by atoms with van der Waals surface area (Å²) in [7, 11) is 0. The van der Waals surface area contributed by atoms with Crippen LogP contribution in [-0.4, -0.2) is 15.4 Å². The molecular weight excluding hydrogens is 271 g/mol. The van der Waals surface area contributed by atoms with Crippen molar-refractivity contribution in [2.45, 2.75) is 27.2 Å². The van der Waals surface area contributed by atoms with Crippen LogP contribution >= 0.6 is 57.9 Å². The molecule has 0 saturated heterocycles. The molecule has 74 valence electrons. The maximum atomic E-state index is 5.64. The monoisotopic (exact) mass is 276 g/mol. The zero-order valence-corrected chi connectivity index (χ0v) is 10.8. The van der Waals surface area contributed by atoms with Gasteiger partial charge in [0.15, 0.2) is 9.35 Å². The van der Waals surface area contributed by atoms with Crippen LogP contribution in [0.3, 0.4) is 0 Å². The van der Waals surface area contributed by atoms with Crippen molar-refractivity contribution in [3.8, 4) is 0 Å². The Hall–Kier alpha value is 0.780. The summed E-state index contributed by atoms with van der Waals surface area (Å²) in [6.07, 6.45) is 0. The average Bonchev–Trinajstić information content (AvgIpc) is 2.32. The van der Waals surface area contributed by atoms with Crippen molar-refractivity contribution in [1.82, 2.24) is 10.2 Å². The molecule has 1 heterocycles. The number of aromatic nitrogens is 2. The number of alkyl halides is 3. The summed E-state index contributed by atoms with van der Waals surface area (Å²) in [4.78, 5) is 0. The van der Waals surface area contributed by atoms with E-state index in [0.29, 0.717) is 10.3 Å². The Morgan fingerprint density at radius 2 is 1.92 bits per heavy atom. The molecule has 0 aliphatic rings. The number of rotatable bonds is 2. The molecule has 0 saturated carbocycles. The molecule has 13 heavy (non-hydrogen) atoms. The van der Waals surface area contributed by atoms with Crippen LogP contribution in [0.5, 0.6) is 0 Å². The number of halogens is 3. The molecular formula is C6H7Cl3N2S2. The largest absolute Gasteiger partial charge is 0.243 e. The first-order chi connectivity index (χ1) is 5.89.